The third-order valence-corrected chi connectivity index (χ3v) is 4.08. The molecule has 2 aliphatic rings. The van der Waals surface area contributed by atoms with Gasteiger partial charge in [0.2, 0.25) is 0 Å². The molecule has 2 N–H and O–H groups in total. The van der Waals surface area contributed by atoms with E-state index in [0.717, 1.165) is 60.9 Å². The number of nitrogens with two attached hydrogens (primary N) is 1. The molecular weight excluding hydrogens is 214 g/mol. The predicted octanol–water partition coefficient (Wildman–Crippen LogP) is 2.03. The summed E-state index contributed by atoms with van der Waals surface area (Å²) in [5, 5.41) is 0. The van der Waals surface area contributed by atoms with Crippen molar-refractivity contribution in [2.45, 2.75) is 38.5 Å². The Morgan fingerprint density at radius 3 is 1.94 bits per heavy atom. The van der Waals surface area contributed by atoms with Crippen LogP contribution in [0, 0.1) is 0 Å². The standard InChI is InChI=1S/C14H17NO2/c1-17-14(16)12-8-4-2-6-10(8)13(15)11-7-3-5-9(11)12/h2-7,15H2,1H3. The fraction of sp³-hybridized carbons (Fsp3) is 0.500. The van der Waals surface area contributed by atoms with Gasteiger partial charge < -0.3 is 10.5 Å². The van der Waals surface area contributed by atoms with Crippen molar-refractivity contribution < 1.29 is 9.53 Å². The second-order valence-electron chi connectivity index (χ2n) is 4.90. The third-order valence-electron chi connectivity index (χ3n) is 4.08. The van der Waals surface area contributed by atoms with Crippen LogP contribution in [0.1, 0.15) is 45.5 Å². The molecule has 3 heteroatoms. The second kappa shape index (κ2) is 3.76. The highest BCUT2D eigenvalue weighted by atomic mass is 16.5. The van der Waals surface area contributed by atoms with Gasteiger partial charge in [0, 0.05) is 5.69 Å². The maximum absolute atomic E-state index is 12.0. The van der Waals surface area contributed by atoms with Crippen molar-refractivity contribution in [3.05, 3.63) is 27.8 Å². The SMILES string of the molecule is COC(=O)c1c2c(c(N)c3c1CCC3)CCC2. The number of esters is 1. The topological polar surface area (TPSA) is 52.3 Å². The summed E-state index contributed by atoms with van der Waals surface area (Å²) in [5.41, 5.74) is 12.8. The largest absolute Gasteiger partial charge is 0.465 e. The zero-order valence-electron chi connectivity index (χ0n) is 10.1. The molecule has 0 amide bonds. The van der Waals surface area contributed by atoms with Crippen molar-refractivity contribution in [3.8, 4) is 0 Å². The van der Waals surface area contributed by atoms with Crippen LogP contribution in [0.15, 0.2) is 0 Å². The summed E-state index contributed by atoms with van der Waals surface area (Å²) >= 11 is 0. The Morgan fingerprint density at radius 1 is 1.00 bits per heavy atom. The minimum Gasteiger partial charge on any atom is -0.465 e. The van der Waals surface area contributed by atoms with E-state index < -0.39 is 0 Å². The number of fused-ring (bicyclic) bond motifs is 2. The molecule has 0 unspecified atom stereocenters. The van der Waals surface area contributed by atoms with E-state index in [1.54, 1.807) is 0 Å². The Labute approximate surface area is 101 Å². The first-order valence-electron chi connectivity index (χ1n) is 6.27. The van der Waals surface area contributed by atoms with Gasteiger partial charge in [-0.25, -0.2) is 4.79 Å². The van der Waals surface area contributed by atoms with Gasteiger partial charge in [-0.1, -0.05) is 0 Å². The molecule has 1 aromatic rings. The van der Waals surface area contributed by atoms with Gasteiger partial charge in [0.1, 0.15) is 0 Å². The molecule has 3 rings (SSSR count). The number of ether oxygens (including phenoxy) is 1. The minimum absolute atomic E-state index is 0.179. The van der Waals surface area contributed by atoms with Gasteiger partial charge in [-0.05, 0) is 60.8 Å². The lowest BCUT2D eigenvalue weighted by atomic mass is 9.92. The lowest BCUT2D eigenvalue weighted by Gasteiger charge is -2.16. The monoisotopic (exact) mass is 231 g/mol. The average molecular weight is 231 g/mol. The third kappa shape index (κ3) is 1.38. The van der Waals surface area contributed by atoms with Gasteiger partial charge in [0.15, 0.2) is 0 Å². The van der Waals surface area contributed by atoms with Gasteiger partial charge in [0.25, 0.3) is 0 Å². The zero-order chi connectivity index (χ0) is 12.0. The first-order valence-corrected chi connectivity index (χ1v) is 6.27. The molecule has 3 nitrogen and oxygen atoms in total. The molecule has 0 radical (unpaired) electrons. The molecule has 0 saturated carbocycles. The van der Waals surface area contributed by atoms with E-state index in [2.05, 4.69) is 0 Å². The van der Waals surface area contributed by atoms with Crippen molar-refractivity contribution in [1.29, 1.82) is 0 Å². The summed E-state index contributed by atoms with van der Waals surface area (Å²) in [6.45, 7) is 0. The van der Waals surface area contributed by atoms with Crippen LogP contribution in [0.2, 0.25) is 0 Å². The summed E-state index contributed by atoms with van der Waals surface area (Å²) in [6.07, 6.45) is 6.17. The Kier molecular flexibility index (Phi) is 2.35. The van der Waals surface area contributed by atoms with Gasteiger partial charge in [-0.2, -0.15) is 0 Å². The lowest BCUT2D eigenvalue weighted by Crippen LogP contribution is -2.12. The van der Waals surface area contributed by atoms with Crippen LogP contribution >= 0.6 is 0 Å². The van der Waals surface area contributed by atoms with Crippen molar-refractivity contribution in [3.63, 3.8) is 0 Å². The molecule has 17 heavy (non-hydrogen) atoms. The van der Waals surface area contributed by atoms with Crippen LogP contribution in [-0.4, -0.2) is 13.1 Å². The van der Waals surface area contributed by atoms with E-state index in [4.69, 9.17) is 10.5 Å². The number of methoxy groups -OCH3 is 1. The molecule has 1 aromatic carbocycles. The number of carbonyl (C=O) groups excluding carboxylic acids is 1. The van der Waals surface area contributed by atoms with Gasteiger partial charge in [0.05, 0.1) is 12.7 Å². The molecule has 0 aliphatic heterocycles. The van der Waals surface area contributed by atoms with Crippen LogP contribution in [0.4, 0.5) is 5.69 Å². The molecule has 0 bridgehead atoms. The van der Waals surface area contributed by atoms with Crippen molar-refractivity contribution in [2.24, 2.45) is 0 Å². The Bertz CT molecular complexity index is 470. The van der Waals surface area contributed by atoms with Gasteiger partial charge in [-0.3, -0.25) is 0 Å². The van der Waals surface area contributed by atoms with Crippen molar-refractivity contribution >= 4 is 11.7 Å². The molecule has 90 valence electrons. The maximum Gasteiger partial charge on any atom is 0.338 e. The van der Waals surface area contributed by atoms with Crippen LogP contribution in [0.3, 0.4) is 0 Å². The van der Waals surface area contributed by atoms with E-state index in [1.807, 2.05) is 0 Å². The van der Waals surface area contributed by atoms with E-state index in [-0.39, 0.29) is 5.97 Å². The summed E-state index contributed by atoms with van der Waals surface area (Å²) in [7, 11) is 1.46. The fourth-order valence-corrected chi connectivity index (χ4v) is 3.35. The van der Waals surface area contributed by atoms with Crippen LogP contribution in [0.25, 0.3) is 0 Å². The van der Waals surface area contributed by atoms with Crippen LogP contribution in [0.5, 0.6) is 0 Å². The van der Waals surface area contributed by atoms with Crippen LogP contribution < -0.4 is 5.73 Å². The van der Waals surface area contributed by atoms with Crippen molar-refractivity contribution in [2.75, 3.05) is 12.8 Å². The highest BCUT2D eigenvalue weighted by molar-refractivity contribution is 5.95. The Morgan fingerprint density at radius 2 is 1.47 bits per heavy atom. The number of rotatable bonds is 1. The van der Waals surface area contributed by atoms with E-state index in [0.29, 0.717) is 0 Å². The molecule has 0 saturated heterocycles. The number of carbonyl (C=O) groups is 1. The van der Waals surface area contributed by atoms with Gasteiger partial charge in [-0.15, -0.1) is 0 Å². The smallest absolute Gasteiger partial charge is 0.338 e. The molecule has 0 atom stereocenters. The van der Waals surface area contributed by atoms with Crippen molar-refractivity contribution in [1.82, 2.24) is 0 Å². The molecule has 2 aliphatic carbocycles. The molecule has 0 aromatic heterocycles. The second-order valence-corrected chi connectivity index (χ2v) is 4.90. The average Bonchev–Trinajstić information content (AvgIpc) is 2.96. The predicted molar refractivity (Wildman–Crippen MR) is 66.2 cm³/mol. The van der Waals surface area contributed by atoms with E-state index in [9.17, 15) is 4.79 Å². The number of hydrogen-bond donors (Lipinski definition) is 1. The summed E-state index contributed by atoms with van der Waals surface area (Å²) in [4.78, 5) is 12.0. The van der Waals surface area contributed by atoms with E-state index in [1.165, 1.54) is 18.2 Å². The summed E-state index contributed by atoms with van der Waals surface area (Å²) < 4.78 is 4.95. The number of hydrogen-bond acceptors (Lipinski definition) is 3. The highest BCUT2D eigenvalue weighted by Crippen LogP contribution is 2.40. The Balaban J connectivity index is 2.30. The lowest BCUT2D eigenvalue weighted by molar-refractivity contribution is 0.0598. The van der Waals surface area contributed by atoms with Gasteiger partial charge >= 0.3 is 5.97 Å². The summed E-state index contributed by atoms with van der Waals surface area (Å²) in [6, 6.07) is 0. The summed E-state index contributed by atoms with van der Waals surface area (Å²) in [5.74, 6) is -0.179. The first kappa shape index (κ1) is 10.6. The quantitative estimate of drug-likeness (QED) is 0.594. The normalized spacial score (nSPS) is 16.8. The number of anilines is 1. The molecule has 0 heterocycles. The Hall–Kier alpha value is -1.51. The minimum atomic E-state index is -0.179. The molecular formula is C14H17NO2. The molecule has 0 spiro atoms. The zero-order valence-corrected chi connectivity index (χ0v) is 10.1. The number of benzene rings is 1. The van der Waals surface area contributed by atoms with Crippen LogP contribution in [-0.2, 0) is 30.4 Å². The first-order chi connectivity index (χ1) is 8.24. The van der Waals surface area contributed by atoms with E-state index >= 15 is 0 Å². The highest BCUT2D eigenvalue weighted by Gasteiger charge is 2.30. The maximum atomic E-state index is 12.0. The fourth-order valence-electron chi connectivity index (χ4n) is 3.35. The number of nitrogen functional groups attached to an aromatic ring is 1. The molecule has 0 fully saturated rings.